The normalized spacial score (nSPS) is 17.4. The number of para-hydroxylation sites is 1. The number of hydrogen-bond acceptors (Lipinski definition) is 3. The quantitative estimate of drug-likeness (QED) is 0.861. The molecule has 1 aromatic carbocycles. The Bertz CT molecular complexity index is 543. The SMILES string of the molecule is CC(C)C[C@H](O)C1CCN(C(=O)c2ccccc2OC(F)F)CC1. The predicted molar refractivity (Wildman–Crippen MR) is 87.2 cm³/mol. The summed E-state index contributed by atoms with van der Waals surface area (Å²) in [4.78, 5) is 14.2. The number of aliphatic hydroxyl groups excluding tert-OH is 1. The van der Waals surface area contributed by atoms with Gasteiger partial charge in [0, 0.05) is 13.1 Å². The van der Waals surface area contributed by atoms with E-state index in [4.69, 9.17) is 0 Å². The van der Waals surface area contributed by atoms with E-state index in [9.17, 15) is 18.7 Å². The number of likely N-dealkylation sites (tertiary alicyclic amines) is 1. The van der Waals surface area contributed by atoms with Gasteiger partial charge in [-0.15, -0.1) is 0 Å². The van der Waals surface area contributed by atoms with Crippen molar-refractivity contribution in [2.75, 3.05) is 13.1 Å². The molecule has 6 heteroatoms. The molecule has 1 amide bonds. The number of alkyl halides is 2. The molecule has 0 aliphatic carbocycles. The van der Waals surface area contributed by atoms with Gasteiger partial charge in [0.05, 0.1) is 11.7 Å². The lowest BCUT2D eigenvalue weighted by Crippen LogP contribution is -2.41. The number of rotatable bonds is 6. The zero-order chi connectivity index (χ0) is 17.7. The van der Waals surface area contributed by atoms with E-state index in [1.807, 2.05) is 0 Å². The van der Waals surface area contributed by atoms with Crippen LogP contribution in [0.1, 0.15) is 43.5 Å². The molecule has 1 aliphatic rings. The average Bonchev–Trinajstić information content (AvgIpc) is 2.53. The summed E-state index contributed by atoms with van der Waals surface area (Å²) < 4.78 is 29.4. The number of carbonyl (C=O) groups is 1. The molecule has 4 nitrogen and oxygen atoms in total. The van der Waals surface area contributed by atoms with Crippen LogP contribution in [-0.4, -0.2) is 41.7 Å². The lowest BCUT2D eigenvalue weighted by molar-refractivity contribution is -0.0503. The van der Waals surface area contributed by atoms with Crippen molar-refractivity contribution >= 4 is 5.91 Å². The molecule has 1 saturated heterocycles. The van der Waals surface area contributed by atoms with Crippen LogP contribution in [0.2, 0.25) is 0 Å². The van der Waals surface area contributed by atoms with E-state index in [1.165, 1.54) is 12.1 Å². The number of piperidine rings is 1. The predicted octanol–water partition coefficient (Wildman–Crippen LogP) is 3.55. The Morgan fingerprint density at radius 2 is 1.92 bits per heavy atom. The van der Waals surface area contributed by atoms with Crippen LogP contribution in [0, 0.1) is 11.8 Å². The number of nitrogens with zero attached hydrogens (tertiary/aromatic N) is 1. The number of aliphatic hydroxyl groups is 1. The monoisotopic (exact) mass is 341 g/mol. The van der Waals surface area contributed by atoms with E-state index in [1.54, 1.807) is 17.0 Å². The zero-order valence-corrected chi connectivity index (χ0v) is 14.1. The number of ether oxygens (including phenoxy) is 1. The number of halogens is 2. The maximum Gasteiger partial charge on any atom is 0.387 e. The van der Waals surface area contributed by atoms with E-state index < -0.39 is 6.61 Å². The molecular formula is C18H25F2NO3. The van der Waals surface area contributed by atoms with Gasteiger partial charge in [0.25, 0.3) is 5.91 Å². The van der Waals surface area contributed by atoms with Gasteiger partial charge >= 0.3 is 6.61 Å². The molecule has 0 radical (unpaired) electrons. The van der Waals surface area contributed by atoms with Crippen molar-refractivity contribution in [3.63, 3.8) is 0 Å². The lowest BCUT2D eigenvalue weighted by Gasteiger charge is -2.35. The van der Waals surface area contributed by atoms with E-state index in [2.05, 4.69) is 18.6 Å². The van der Waals surface area contributed by atoms with Crippen LogP contribution in [0.4, 0.5) is 8.78 Å². The highest BCUT2D eigenvalue weighted by Gasteiger charge is 2.29. The van der Waals surface area contributed by atoms with Gasteiger partial charge in [0.1, 0.15) is 5.75 Å². The highest BCUT2D eigenvalue weighted by atomic mass is 19.3. The third-order valence-corrected chi connectivity index (χ3v) is 4.42. The largest absolute Gasteiger partial charge is 0.434 e. The summed E-state index contributed by atoms with van der Waals surface area (Å²) in [5, 5.41) is 10.2. The minimum Gasteiger partial charge on any atom is -0.434 e. The Morgan fingerprint density at radius 3 is 2.50 bits per heavy atom. The van der Waals surface area contributed by atoms with Crippen LogP contribution in [0.5, 0.6) is 5.75 Å². The molecule has 1 fully saturated rings. The van der Waals surface area contributed by atoms with Crippen LogP contribution in [0.15, 0.2) is 24.3 Å². The first-order valence-electron chi connectivity index (χ1n) is 8.39. The third kappa shape index (κ3) is 4.90. The highest BCUT2D eigenvalue weighted by molar-refractivity contribution is 5.97. The first kappa shape index (κ1) is 18.6. The van der Waals surface area contributed by atoms with Crippen molar-refractivity contribution < 1.29 is 23.4 Å². The van der Waals surface area contributed by atoms with E-state index >= 15 is 0 Å². The van der Waals surface area contributed by atoms with Crippen molar-refractivity contribution in [3.8, 4) is 5.75 Å². The standard InChI is InChI=1S/C18H25F2NO3/c1-12(2)11-15(22)13-7-9-21(10-8-13)17(23)14-5-3-4-6-16(14)24-18(19)20/h3-6,12-13,15,18,22H,7-11H2,1-2H3/t15-/m0/s1. The average molecular weight is 341 g/mol. The molecule has 1 aromatic rings. The molecule has 1 heterocycles. The number of benzene rings is 1. The van der Waals surface area contributed by atoms with Crippen LogP contribution in [-0.2, 0) is 0 Å². The Morgan fingerprint density at radius 1 is 1.29 bits per heavy atom. The summed E-state index contributed by atoms with van der Waals surface area (Å²) in [5.74, 6) is 0.213. The van der Waals surface area contributed by atoms with Gasteiger partial charge < -0.3 is 14.7 Å². The molecule has 134 valence electrons. The maximum absolute atomic E-state index is 12.6. The van der Waals surface area contributed by atoms with Gasteiger partial charge in [-0.05, 0) is 43.2 Å². The molecule has 0 bridgehead atoms. The Hall–Kier alpha value is -1.69. The van der Waals surface area contributed by atoms with E-state index in [-0.39, 0.29) is 29.2 Å². The molecule has 0 saturated carbocycles. The molecule has 0 unspecified atom stereocenters. The van der Waals surface area contributed by atoms with E-state index in [0.717, 1.165) is 19.3 Å². The molecule has 0 spiro atoms. The Balaban J connectivity index is 1.98. The van der Waals surface area contributed by atoms with Gasteiger partial charge in [-0.3, -0.25) is 4.79 Å². The van der Waals surface area contributed by atoms with Crippen molar-refractivity contribution in [1.29, 1.82) is 0 Å². The minimum atomic E-state index is -2.96. The second-order valence-electron chi connectivity index (χ2n) is 6.70. The number of hydrogen-bond donors (Lipinski definition) is 1. The summed E-state index contributed by atoms with van der Waals surface area (Å²) in [7, 11) is 0. The van der Waals surface area contributed by atoms with Crippen molar-refractivity contribution in [2.45, 2.75) is 45.8 Å². The third-order valence-electron chi connectivity index (χ3n) is 4.42. The second kappa shape index (κ2) is 8.42. The molecular weight excluding hydrogens is 316 g/mol. The Labute approximate surface area is 141 Å². The number of carbonyl (C=O) groups excluding carboxylic acids is 1. The lowest BCUT2D eigenvalue weighted by atomic mass is 9.87. The topological polar surface area (TPSA) is 49.8 Å². The van der Waals surface area contributed by atoms with Gasteiger partial charge in [-0.1, -0.05) is 26.0 Å². The summed E-state index contributed by atoms with van der Waals surface area (Å²) >= 11 is 0. The fourth-order valence-corrected chi connectivity index (χ4v) is 3.18. The zero-order valence-electron chi connectivity index (χ0n) is 14.1. The maximum atomic E-state index is 12.6. The van der Waals surface area contributed by atoms with Gasteiger partial charge in [-0.25, -0.2) is 0 Å². The first-order valence-corrected chi connectivity index (χ1v) is 8.39. The molecule has 0 aromatic heterocycles. The van der Waals surface area contributed by atoms with Crippen LogP contribution >= 0.6 is 0 Å². The number of amides is 1. The molecule has 24 heavy (non-hydrogen) atoms. The van der Waals surface area contributed by atoms with Crippen molar-refractivity contribution in [2.24, 2.45) is 11.8 Å². The summed E-state index contributed by atoms with van der Waals surface area (Å²) in [6.45, 7) is 2.21. The second-order valence-corrected chi connectivity index (χ2v) is 6.70. The minimum absolute atomic E-state index is 0.0977. The first-order chi connectivity index (χ1) is 11.4. The highest BCUT2D eigenvalue weighted by Crippen LogP contribution is 2.27. The van der Waals surface area contributed by atoms with Crippen molar-refractivity contribution in [3.05, 3.63) is 29.8 Å². The fraction of sp³-hybridized carbons (Fsp3) is 0.611. The van der Waals surface area contributed by atoms with Crippen LogP contribution < -0.4 is 4.74 Å². The smallest absolute Gasteiger partial charge is 0.387 e. The summed E-state index contributed by atoms with van der Waals surface area (Å²) in [6.07, 6.45) is 1.84. The van der Waals surface area contributed by atoms with E-state index in [0.29, 0.717) is 19.0 Å². The summed E-state index contributed by atoms with van der Waals surface area (Å²) in [5.41, 5.74) is 0.152. The van der Waals surface area contributed by atoms with Gasteiger partial charge in [0.2, 0.25) is 0 Å². The molecule has 2 rings (SSSR count). The molecule has 1 atom stereocenters. The molecule has 1 aliphatic heterocycles. The van der Waals surface area contributed by atoms with Crippen molar-refractivity contribution in [1.82, 2.24) is 4.90 Å². The van der Waals surface area contributed by atoms with Gasteiger partial charge in [-0.2, -0.15) is 8.78 Å². The van der Waals surface area contributed by atoms with Crippen LogP contribution in [0.25, 0.3) is 0 Å². The van der Waals surface area contributed by atoms with Gasteiger partial charge in [0.15, 0.2) is 0 Å². The Kier molecular flexibility index (Phi) is 6.54. The van der Waals surface area contributed by atoms with Crippen LogP contribution in [0.3, 0.4) is 0 Å². The molecule has 1 N–H and O–H groups in total. The summed E-state index contributed by atoms with van der Waals surface area (Å²) in [6, 6.07) is 6.06. The fourth-order valence-electron chi connectivity index (χ4n) is 3.18.